The topological polar surface area (TPSA) is 25.8 Å². The normalized spacial score (nSPS) is 10.9. The standard InChI is InChI=1S/C12H8N2/c1-2-10-4-8-14-12(10)11-5-7-13-6-3-9(1)11/h1-8H. The van der Waals surface area contributed by atoms with Crippen molar-refractivity contribution >= 4 is 21.7 Å². The Hall–Kier alpha value is -1.96. The van der Waals surface area contributed by atoms with Gasteiger partial charge in [0, 0.05) is 29.4 Å². The molecule has 0 unspecified atom stereocenters. The van der Waals surface area contributed by atoms with Gasteiger partial charge in [0.15, 0.2) is 0 Å². The van der Waals surface area contributed by atoms with E-state index in [2.05, 4.69) is 22.1 Å². The molecule has 2 nitrogen and oxygen atoms in total. The Morgan fingerprint density at radius 1 is 0.714 bits per heavy atom. The lowest BCUT2D eigenvalue weighted by molar-refractivity contribution is 1.37. The van der Waals surface area contributed by atoms with Crippen LogP contribution in [0.15, 0.2) is 48.9 Å². The van der Waals surface area contributed by atoms with E-state index in [4.69, 9.17) is 0 Å². The molecule has 1 aromatic carbocycles. The van der Waals surface area contributed by atoms with Gasteiger partial charge in [-0.3, -0.25) is 9.97 Å². The Balaban J connectivity index is 2.64. The molecule has 0 aliphatic carbocycles. The van der Waals surface area contributed by atoms with Crippen LogP contribution in [0.1, 0.15) is 0 Å². The van der Waals surface area contributed by atoms with Crippen molar-refractivity contribution in [1.82, 2.24) is 9.97 Å². The second-order valence-electron chi connectivity index (χ2n) is 3.23. The van der Waals surface area contributed by atoms with E-state index in [9.17, 15) is 0 Å². The van der Waals surface area contributed by atoms with Crippen molar-refractivity contribution in [3.63, 3.8) is 0 Å². The molecule has 0 atom stereocenters. The molecule has 0 amide bonds. The highest BCUT2D eigenvalue weighted by molar-refractivity contribution is 6.04. The SMILES string of the molecule is c1cc2ccc3ccnc3c2ccn1. The molecule has 0 saturated heterocycles. The molecule has 3 aromatic rings. The molecule has 0 spiro atoms. The lowest BCUT2D eigenvalue weighted by Gasteiger charge is -1.93. The van der Waals surface area contributed by atoms with E-state index < -0.39 is 0 Å². The van der Waals surface area contributed by atoms with Crippen LogP contribution in [-0.4, -0.2) is 9.97 Å². The number of benzene rings is 1. The molecular weight excluding hydrogens is 172 g/mol. The third-order valence-electron chi connectivity index (χ3n) is 2.41. The van der Waals surface area contributed by atoms with Gasteiger partial charge in [-0.15, -0.1) is 0 Å². The summed E-state index contributed by atoms with van der Waals surface area (Å²) in [4.78, 5) is 8.43. The van der Waals surface area contributed by atoms with Gasteiger partial charge < -0.3 is 0 Å². The first-order chi connectivity index (χ1) is 6.95. The summed E-state index contributed by atoms with van der Waals surface area (Å²) in [7, 11) is 0. The highest BCUT2D eigenvalue weighted by Gasteiger charge is 1.99. The van der Waals surface area contributed by atoms with Crippen LogP contribution in [0.5, 0.6) is 0 Å². The van der Waals surface area contributed by atoms with Crippen molar-refractivity contribution in [2.45, 2.75) is 0 Å². The van der Waals surface area contributed by atoms with Gasteiger partial charge in [0.05, 0.1) is 5.52 Å². The Kier molecular flexibility index (Phi) is 1.47. The quantitative estimate of drug-likeness (QED) is 0.531. The average Bonchev–Trinajstić information content (AvgIpc) is 2.55. The number of nitrogens with zero attached hydrogens (tertiary/aromatic N) is 2. The molecule has 0 aliphatic heterocycles. The lowest BCUT2D eigenvalue weighted by atomic mass is 10.1. The molecule has 0 N–H and O–H groups in total. The number of hydrogen-bond donors (Lipinski definition) is 0. The third-order valence-corrected chi connectivity index (χ3v) is 2.41. The molecule has 0 saturated carbocycles. The summed E-state index contributed by atoms with van der Waals surface area (Å²) >= 11 is 0. The molecule has 14 heavy (non-hydrogen) atoms. The zero-order valence-corrected chi connectivity index (χ0v) is 7.51. The van der Waals surface area contributed by atoms with Crippen molar-refractivity contribution in [2.75, 3.05) is 0 Å². The van der Waals surface area contributed by atoms with Crippen LogP contribution in [0.4, 0.5) is 0 Å². The largest absolute Gasteiger partial charge is 0.265 e. The lowest BCUT2D eigenvalue weighted by Crippen LogP contribution is -1.70. The Labute approximate surface area is 81.2 Å². The average molecular weight is 180 g/mol. The molecule has 0 fully saturated rings. The predicted octanol–water partition coefficient (Wildman–Crippen LogP) is 2.78. The van der Waals surface area contributed by atoms with E-state index in [1.165, 1.54) is 10.8 Å². The smallest absolute Gasteiger partial charge is 0.0781 e. The number of fused-ring (bicyclic) bond motifs is 3. The first-order valence-electron chi connectivity index (χ1n) is 4.52. The fraction of sp³-hybridized carbons (Fsp3) is 0. The minimum atomic E-state index is 1.06. The summed E-state index contributed by atoms with van der Waals surface area (Å²) in [5.74, 6) is 0. The van der Waals surface area contributed by atoms with Crippen LogP contribution in [0.2, 0.25) is 0 Å². The molecular formula is C12H8N2. The summed E-state index contributed by atoms with van der Waals surface area (Å²) in [5, 5.41) is 3.52. The maximum absolute atomic E-state index is 4.35. The Morgan fingerprint density at radius 2 is 1.50 bits per heavy atom. The van der Waals surface area contributed by atoms with E-state index in [0.29, 0.717) is 0 Å². The zero-order chi connectivity index (χ0) is 9.38. The van der Waals surface area contributed by atoms with Gasteiger partial charge >= 0.3 is 0 Å². The van der Waals surface area contributed by atoms with Crippen LogP contribution in [-0.2, 0) is 0 Å². The number of rotatable bonds is 0. The summed E-state index contributed by atoms with van der Waals surface area (Å²) in [6.07, 6.45) is 5.44. The van der Waals surface area contributed by atoms with Gasteiger partial charge in [-0.1, -0.05) is 12.1 Å². The van der Waals surface area contributed by atoms with E-state index in [1.807, 2.05) is 24.4 Å². The van der Waals surface area contributed by atoms with Crippen LogP contribution in [0.3, 0.4) is 0 Å². The molecule has 2 heteroatoms. The first kappa shape index (κ1) is 7.44. The van der Waals surface area contributed by atoms with Crippen molar-refractivity contribution in [1.29, 1.82) is 0 Å². The summed E-state index contributed by atoms with van der Waals surface area (Å²) in [5.41, 5.74) is 1.06. The Morgan fingerprint density at radius 3 is 2.50 bits per heavy atom. The van der Waals surface area contributed by atoms with Crippen LogP contribution in [0.25, 0.3) is 21.7 Å². The van der Waals surface area contributed by atoms with E-state index in [1.54, 1.807) is 12.4 Å². The van der Waals surface area contributed by atoms with E-state index in [-0.39, 0.29) is 0 Å². The summed E-state index contributed by atoms with van der Waals surface area (Å²) in [6, 6.07) is 10.2. The highest BCUT2D eigenvalue weighted by atomic mass is 14.7. The van der Waals surface area contributed by atoms with E-state index in [0.717, 1.165) is 10.9 Å². The predicted molar refractivity (Wildman–Crippen MR) is 57.0 cm³/mol. The molecule has 0 aliphatic rings. The van der Waals surface area contributed by atoms with Gasteiger partial charge in [-0.2, -0.15) is 0 Å². The van der Waals surface area contributed by atoms with E-state index >= 15 is 0 Å². The Bertz CT molecular complexity index is 602. The second-order valence-corrected chi connectivity index (χ2v) is 3.23. The van der Waals surface area contributed by atoms with Crippen LogP contribution in [0, 0.1) is 0 Å². The van der Waals surface area contributed by atoms with Crippen LogP contribution < -0.4 is 0 Å². The van der Waals surface area contributed by atoms with Gasteiger partial charge in [0.1, 0.15) is 0 Å². The molecule has 0 radical (unpaired) electrons. The van der Waals surface area contributed by atoms with Crippen molar-refractivity contribution < 1.29 is 0 Å². The highest BCUT2D eigenvalue weighted by Crippen LogP contribution is 2.22. The summed E-state index contributed by atoms with van der Waals surface area (Å²) < 4.78 is 0. The van der Waals surface area contributed by atoms with Crippen molar-refractivity contribution in [2.24, 2.45) is 0 Å². The first-order valence-corrected chi connectivity index (χ1v) is 4.52. The molecule has 66 valence electrons. The zero-order valence-electron chi connectivity index (χ0n) is 7.51. The van der Waals surface area contributed by atoms with Crippen molar-refractivity contribution in [3.05, 3.63) is 48.9 Å². The van der Waals surface area contributed by atoms with Gasteiger partial charge in [0.2, 0.25) is 0 Å². The third kappa shape index (κ3) is 0.973. The van der Waals surface area contributed by atoms with Crippen molar-refractivity contribution in [3.8, 4) is 0 Å². The molecule has 2 aromatic heterocycles. The monoisotopic (exact) mass is 180 g/mol. The maximum atomic E-state index is 4.35. The van der Waals surface area contributed by atoms with Gasteiger partial charge in [-0.05, 0) is 23.6 Å². The molecule has 3 rings (SSSR count). The number of hydrogen-bond acceptors (Lipinski definition) is 2. The minimum absolute atomic E-state index is 1.06. The molecule has 2 heterocycles. The second kappa shape index (κ2) is 2.77. The maximum Gasteiger partial charge on any atom is 0.0781 e. The fourth-order valence-corrected chi connectivity index (χ4v) is 1.72. The summed E-state index contributed by atoms with van der Waals surface area (Å²) in [6.45, 7) is 0. The van der Waals surface area contributed by atoms with Gasteiger partial charge in [0.25, 0.3) is 0 Å². The fourth-order valence-electron chi connectivity index (χ4n) is 1.72. The van der Waals surface area contributed by atoms with Gasteiger partial charge in [-0.25, -0.2) is 0 Å². The number of aromatic nitrogens is 2. The van der Waals surface area contributed by atoms with Crippen LogP contribution >= 0.6 is 0 Å². The minimum Gasteiger partial charge on any atom is -0.265 e. The molecule has 0 bridgehead atoms.